The highest BCUT2D eigenvalue weighted by atomic mass is 127. The van der Waals surface area contributed by atoms with Crippen molar-refractivity contribution in [1.82, 2.24) is 25.0 Å². The number of hydrogen-bond donors (Lipinski definition) is 1. The summed E-state index contributed by atoms with van der Waals surface area (Å²) in [5.74, 6) is 1.37. The smallest absolute Gasteiger partial charge is 0.246 e. The Hall–Kier alpha value is -2.37. The number of pyridine rings is 1. The molecule has 0 spiro atoms. The van der Waals surface area contributed by atoms with E-state index in [1.165, 1.54) is 0 Å². The molecule has 0 saturated carbocycles. The van der Waals surface area contributed by atoms with Gasteiger partial charge in [0.15, 0.2) is 5.96 Å². The van der Waals surface area contributed by atoms with Crippen molar-refractivity contribution in [2.24, 2.45) is 12.0 Å². The molecule has 0 unspecified atom stereocenters. The number of guanidine groups is 1. The quantitative estimate of drug-likeness (QED) is 0.359. The van der Waals surface area contributed by atoms with Crippen LogP contribution in [0.15, 0.2) is 35.7 Å². The Balaban J connectivity index is 0.00000300. The number of carbonyl (C=O) groups is 1. The summed E-state index contributed by atoms with van der Waals surface area (Å²) in [6.45, 7) is 7.32. The molecule has 3 heterocycles. The average molecular weight is 513 g/mol. The third-order valence-electron chi connectivity index (χ3n) is 4.36. The lowest BCUT2D eigenvalue weighted by Crippen LogP contribution is -2.55. The van der Waals surface area contributed by atoms with Gasteiger partial charge in [0.05, 0.1) is 25.0 Å². The summed E-state index contributed by atoms with van der Waals surface area (Å²) in [6, 6.07) is 3.81. The van der Waals surface area contributed by atoms with Gasteiger partial charge in [-0.3, -0.25) is 9.48 Å². The molecule has 2 aromatic heterocycles. The number of rotatable bonds is 6. The second-order valence-corrected chi connectivity index (χ2v) is 6.44. The minimum atomic E-state index is 0. The highest BCUT2D eigenvalue weighted by Gasteiger charge is 2.27. The molecule has 3 rings (SSSR count). The summed E-state index contributed by atoms with van der Waals surface area (Å²) in [5, 5.41) is 7.43. The number of ether oxygens (including phenoxy) is 1. The number of nitrogens with one attached hydrogen (secondary N) is 1. The molecule has 0 aliphatic carbocycles. The van der Waals surface area contributed by atoms with Crippen molar-refractivity contribution in [1.29, 1.82) is 0 Å². The fourth-order valence-corrected chi connectivity index (χ4v) is 3.04. The van der Waals surface area contributed by atoms with Gasteiger partial charge in [-0.25, -0.2) is 9.98 Å². The van der Waals surface area contributed by atoms with Gasteiger partial charge in [-0.1, -0.05) is 0 Å². The van der Waals surface area contributed by atoms with E-state index in [2.05, 4.69) is 15.4 Å². The summed E-state index contributed by atoms with van der Waals surface area (Å²) < 4.78 is 7.14. The van der Waals surface area contributed by atoms with E-state index in [9.17, 15) is 4.79 Å². The number of piperazine rings is 1. The van der Waals surface area contributed by atoms with E-state index in [0.29, 0.717) is 32.1 Å². The first-order chi connectivity index (χ1) is 13.6. The lowest BCUT2D eigenvalue weighted by atomic mass is 10.2. The molecule has 2 aromatic rings. The van der Waals surface area contributed by atoms with Crippen LogP contribution in [-0.2, 0) is 18.4 Å². The first-order valence-corrected chi connectivity index (χ1v) is 9.50. The minimum absolute atomic E-state index is 0. The largest absolute Gasteiger partial charge is 0.478 e. The van der Waals surface area contributed by atoms with Gasteiger partial charge in [0.1, 0.15) is 6.54 Å². The first kappa shape index (κ1) is 22.9. The van der Waals surface area contributed by atoms with E-state index in [0.717, 1.165) is 23.8 Å². The molecular weight excluding hydrogens is 485 g/mol. The second-order valence-electron chi connectivity index (χ2n) is 6.44. The number of amides is 1. The summed E-state index contributed by atoms with van der Waals surface area (Å²) in [6.07, 6.45) is 5.29. The molecule has 1 aliphatic rings. The molecular formula is C19H28IN7O2. The second kappa shape index (κ2) is 11.0. The van der Waals surface area contributed by atoms with Crippen molar-refractivity contribution >= 4 is 41.5 Å². The molecule has 1 saturated heterocycles. The van der Waals surface area contributed by atoms with Gasteiger partial charge in [-0.15, -0.1) is 24.0 Å². The first-order valence-electron chi connectivity index (χ1n) is 9.50. The third-order valence-corrected chi connectivity index (χ3v) is 4.36. The topological polar surface area (TPSA) is 87.9 Å². The van der Waals surface area contributed by atoms with Gasteiger partial charge in [0, 0.05) is 45.1 Å². The fraction of sp³-hybridized carbons (Fsp3) is 0.474. The molecule has 0 aromatic carbocycles. The van der Waals surface area contributed by atoms with Crippen LogP contribution in [0.1, 0.15) is 19.4 Å². The van der Waals surface area contributed by atoms with E-state index < -0.39 is 0 Å². The lowest BCUT2D eigenvalue weighted by molar-refractivity contribution is -0.120. The number of aliphatic imine (C=N–C) groups is 1. The van der Waals surface area contributed by atoms with Crippen molar-refractivity contribution < 1.29 is 9.53 Å². The molecule has 0 radical (unpaired) electrons. The van der Waals surface area contributed by atoms with Crippen molar-refractivity contribution in [3.63, 3.8) is 0 Å². The highest BCUT2D eigenvalue weighted by Crippen LogP contribution is 2.16. The number of aryl methyl sites for hydroxylation is 1. The van der Waals surface area contributed by atoms with E-state index in [1.54, 1.807) is 22.0 Å². The Kier molecular flexibility index (Phi) is 8.68. The van der Waals surface area contributed by atoms with Crippen molar-refractivity contribution in [3.05, 3.63) is 36.3 Å². The van der Waals surface area contributed by atoms with Gasteiger partial charge < -0.3 is 19.9 Å². The predicted octanol–water partition coefficient (Wildman–Crippen LogP) is 1.65. The predicted molar refractivity (Wildman–Crippen MR) is 123 cm³/mol. The van der Waals surface area contributed by atoms with E-state index in [1.807, 2.05) is 44.1 Å². The van der Waals surface area contributed by atoms with Crippen LogP contribution in [0.5, 0.6) is 5.88 Å². The fourth-order valence-electron chi connectivity index (χ4n) is 3.04. The van der Waals surface area contributed by atoms with Crippen LogP contribution in [0.2, 0.25) is 0 Å². The Morgan fingerprint density at radius 3 is 2.83 bits per heavy atom. The summed E-state index contributed by atoms with van der Waals surface area (Å²) in [4.78, 5) is 25.3. The number of anilines is 1. The molecule has 0 bridgehead atoms. The zero-order valence-electron chi connectivity index (χ0n) is 17.0. The van der Waals surface area contributed by atoms with E-state index >= 15 is 0 Å². The minimum Gasteiger partial charge on any atom is -0.478 e. The molecule has 0 atom stereocenters. The monoisotopic (exact) mass is 513 g/mol. The molecule has 1 aliphatic heterocycles. The van der Waals surface area contributed by atoms with E-state index in [4.69, 9.17) is 9.73 Å². The van der Waals surface area contributed by atoms with Crippen molar-refractivity contribution in [2.45, 2.75) is 20.4 Å². The Morgan fingerprint density at radius 2 is 2.17 bits per heavy atom. The standard InChI is InChI=1S/C19H27N7O2.HI/c1-4-20-19(22-11-15-6-7-21-17(10-15)28-5-2)25-8-9-26(18(27)14-25)16-12-23-24(3)13-16;/h6-7,10,12-13H,4-5,8-9,11,14H2,1-3H3,(H,20,22);1H. The number of nitrogens with zero attached hydrogens (tertiary/aromatic N) is 6. The molecule has 1 amide bonds. The number of halogens is 1. The zero-order chi connectivity index (χ0) is 19.9. The summed E-state index contributed by atoms with van der Waals surface area (Å²) >= 11 is 0. The van der Waals surface area contributed by atoms with Crippen LogP contribution in [0.4, 0.5) is 5.69 Å². The molecule has 158 valence electrons. The Morgan fingerprint density at radius 1 is 1.34 bits per heavy atom. The van der Waals surface area contributed by atoms with Crippen LogP contribution in [0.3, 0.4) is 0 Å². The molecule has 1 N–H and O–H groups in total. The number of carbonyl (C=O) groups excluding carboxylic acids is 1. The van der Waals surface area contributed by atoms with Crippen LogP contribution >= 0.6 is 24.0 Å². The zero-order valence-corrected chi connectivity index (χ0v) is 19.4. The number of hydrogen-bond acceptors (Lipinski definition) is 5. The maximum atomic E-state index is 12.7. The van der Waals surface area contributed by atoms with E-state index in [-0.39, 0.29) is 36.4 Å². The van der Waals surface area contributed by atoms with Gasteiger partial charge in [0.2, 0.25) is 11.8 Å². The van der Waals surface area contributed by atoms with Crippen LogP contribution < -0.4 is 15.0 Å². The van der Waals surface area contributed by atoms with Gasteiger partial charge >= 0.3 is 0 Å². The highest BCUT2D eigenvalue weighted by molar-refractivity contribution is 14.0. The maximum Gasteiger partial charge on any atom is 0.246 e. The van der Waals surface area contributed by atoms with Crippen molar-refractivity contribution in [2.75, 3.05) is 37.7 Å². The maximum absolute atomic E-state index is 12.7. The Labute approximate surface area is 188 Å². The normalized spacial score (nSPS) is 14.6. The van der Waals surface area contributed by atoms with Crippen molar-refractivity contribution in [3.8, 4) is 5.88 Å². The molecule has 1 fully saturated rings. The lowest BCUT2D eigenvalue weighted by Gasteiger charge is -2.35. The van der Waals surface area contributed by atoms with Gasteiger partial charge in [-0.05, 0) is 25.5 Å². The summed E-state index contributed by atoms with van der Waals surface area (Å²) in [5.41, 5.74) is 1.84. The SMILES string of the molecule is CCNC(=NCc1ccnc(OCC)c1)N1CCN(c2cnn(C)c2)C(=O)C1.I. The van der Waals surface area contributed by atoms with Crippen LogP contribution in [-0.4, -0.2) is 64.3 Å². The summed E-state index contributed by atoms with van der Waals surface area (Å²) in [7, 11) is 1.84. The molecule has 10 heteroatoms. The number of aromatic nitrogens is 3. The molecule has 29 heavy (non-hydrogen) atoms. The molecule has 9 nitrogen and oxygen atoms in total. The average Bonchev–Trinajstić information content (AvgIpc) is 3.11. The van der Waals surface area contributed by atoms with Crippen LogP contribution in [0, 0.1) is 0 Å². The van der Waals surface area contributed by atoms with Crippen LogP contribution in [0.25, 0.3) is 0 Å². The van der Waals surface area contributed by atoms with Gasteiger partial charge in [-0.2, -0.15) is 5.10 Å². The Bertz CT molecular complexity index is 839. The third kappa shape index (κ3) is 6.05. The van der Waals surface area contributed by atoms with Gasteiger partial charge in [0.25, 0.3) is 0 Å².